The average molecular weight is 659 g/mol. The third-order valence-electron chi connectivity index (χ3n) is 9.68. The summed E-state index contributed by atoms with van der Waals surface area (Å²) in [6.07, 6.45) is 0. The molecule has 0 spiro atoms. The molecule has 51 heavy (non-hydrogen) atoms. The number of aromatic nitrogens is 5. The van der Waals surface area contributed by atoms with Crippen LogP contribution in [0.5, 0.6) is 0 Å². The fraction of sp³-hybridized carbons (Fsp3) is 0. The third kappa shape index (κ3) is 4.07. The first-order chi connectivity index (χ1) is 27.4. The van der Waals surface area contributed by atoms with Gasteiger partial charge in [0.05, 0.1) is 28.9 Å². The van der Waals surface area contributed by atoms with E-state index in [1.54, 1.807) is 4.57 Å². The van der Waals surface area contributed by atoms with E-state index in [1.807, 2.05) is 127 Å². The molecule has 6 heteroatoms. The summed E-state index contributed by atoms with van der Waals surface area (Å²) in [5.41, 5.74) is 6.27. The topological polar surface area (TPSA) is 61.7 Å². The van der Waals surface area contributed by atoms with Gasteiger partial charge in [-0.15, -0.1) is 0 Å². The number of nitrogens with zero attached hydrogens (tertiary/aromatic N) is 5. The van der Waals surface area contributed by atoms with Crippen LogP contribution in [0.2, 0.25) is 0 Å². The van der Waals surface area contributed by atoms with Gasteiger partial charge in [-0.05, 0) is 42.4 Å². The Morgan fingerprint density at radius 2 is 1.16 bits per heavy atom. The SMILES string of the molecule is [2H]c1c([2H])c([2H])c(-n2c3ccccc3c3c2ccc2c4ccccc4n(-c4nc(-c5ccccc5)nc(-c5cccc6oc7ccccc7c56)n4)c23)c([2H])c1[2H]. The highest BCUT2D eigenvalue weighted by Crippen LogP contribution is 2.42. The molecule has 0 fully saturated rings. The molecule has 4 aromatic heterocycles. The van der Waals surface area contributed by atoms with Gasteiger partial charge in [0.1, 0.15) is 11.2 Å². The molecule has 0 aliphatic carbocycles. The number of benzene rings is 7. The van der Waals surface area contributed by atoms with Crippen molar-refractivity contribution in [2.75, 3.05) is 0 Å². The Morgan fingerprint density at radius 1 is 0.471 bits per heavy atom. The molecule has 0 unspecified atom stereocenters. The molecular weight excluding hydrogens is 627 g/mol. The van der Waals surface area contributed by atoms with E-state index in [9.17, 15) is 0 Å². The molecule has 0 radical (unpaired) electrons. The van der Waals surface area contributed by atoms with Crippen LogP contribution in [0, 0.1) is 0 Å². The number of para-hydroxylation sites is 4. The van der Waals surface area contributed by atoms with E-state index in [0.717, 1.165) is 65.6 Å². The van der Waals surface area contributed by atoms with Crippen LogP contribution in [0.25, 0.3) is 100.0 Å². The summed E-state index contributed by atoms with van der Waals surface area (Å²) >= 11 is 0. The molecule has 7 aromatic carbocycles. The van der Waals surface area contributed by atoms with Gasteiger partial charge >= 0.3 is 0 Å². The molecule has 0 saturated carbocycles. The van der Waals surface area contributed by atoms with Gasteiger partial charge in [-0.25, -0.2) is 4.98 Å². The van der Waals surface area contributed by atoms with Crippen LogP contribution in [0.1, 0.15) is 6.85 Å². The van der Waals surface area contributed by atoms with E-state index in [0.29, 0.717) is 28.6 Å². The lowest BCUT2D eigenvalue weighted by molar-refractivity contribution is 0.669. The van der Waals surface area contributed by atoms with Gasteiger partial charge in [0.2, 0.25) is 5.95 Å². The molecule has 0 saturated heterocycles. The highest BCUT2D eigenvalue weighted by atomic mass is 16.3. The molecule has 11 aromatic rings. The second-order valence-corrected chi connectivity index (χ2v) is 12.5. The van der Waals surface area contributed by atoms with Crippen molar-refractivity contribution < 1.29 is 11.3 Å². The highest BCUT2D eigenvalue weighted by Gasteiger charge is 2.24. The van der Waals surface area contributed by atoms with Gasteiger partial charge < -0.3 is 8.98 Å². The van der Waals surface area contributed by atoms with Gasteiger partial charge in [0, 0.05) is 49.1 Å². The quantitative estimate of drug-likeness (QED) is 0.189. The molecule has 0 amide bonds. The molecule has 0 N–H and O–H groups in total. The van der Waals surface area contributed by atoms with Crippen molar-refractivity contribution in [2.24, 2.45) is 0 Å². The molecule has 0 aliphatic rings. The van der Waals surface area contributed by atoms with Crippen molar-refractivity contribution in [2.45, 2.75) is 0 Å². The summed E-state index contributed by atoms with van der Waals surface area (Å²) in [4.78, 5) is 15.6. The summed E-state index contributed by atoms with van der Waals surface area (Å²) < 4.78 is 53.4. The van der Waals surface area contributed by atoms with Crippen molar-refractivity contribution in [1.29, 1.82) is 0 Å². The molecule has 4 heterocycles. The van der Waals surface area contributed by atoms with Crippen LogP contribution < -0.4 is 0 Å². The third-order valence-corrected chi connectivity index (χ3v) is 9.68. The van der Waals surface area contributed by atoms with Crippen LogP contribution in [-0.4, -0.2) is 24.1 Å². The zero-order valence-corrected chi connectivity index (χ0v) is 26.8. The minimum absolute atomic E-state index is 0.0819. The molecule has 6 nitrogen and oxygen atoms in total. The Hall–Kier alpha value is -7.05. The largest absolute Gasteiger partial charge is 0.456 e. The van der Waals surface area contributed by atoms with Gasteiger partial charge in [0.15, 0.2) is 11.6 Å². The lowest BCUT2D eigenvalue weighted by Crippen LogP contribution is -2.06. The maximum Gasteiger partial charge on any atom is 0.238 e. The highest BCUT2D eigenvalue weighted by molar-refractivity contribution is 6.26. The van der Waals surface area contributed by atoms with E-state index in [4.69, 9.17) is 26.2 Å². The van der Waals surface area contributed by atoms with Gasteiger partial charge in [-0.2, -0.15) is 9.97 Å². The second kappa shape index (κ2) is 10.7. The molecule has 0 aliphatic heterocycles. The number of rotatable bonds is 4. The van der Waals surface area contributed by atoms with E-state index >= 15 is 0 Å². The molecule has 0 atom stereocenters. The fourth-order valence-corrected chi connectivity index (χ4v) is 7.57. The monoisotopic (exact) mass is 658 g/mol. The predicted octanol–water partition coefficient (Wildman–Crippen LogP) is 11.3. The van der Waals surface area contributed by atoms with Crippen molar-refractivity contribution >= 4 is 65.6 Å². The van der Waals surface area contributed by atoms with Crippen molar-refractivity contribution in [3.63, 3.8) is 0 Å². The number of hydrogen-bond donors (Lipinski definition) is 0. The molecular formula is C45H27N5O. The fourth-order valence-electron chi connectivity index (χ4n) is 7.57. The average Bonchev–Trinajstić information content (AvgIpc) is 3.90. The van der Waals surface area contributed by atoms with E-state index in [-0.39, 0.29) is 17.8 Å². The Kier molecular flexibility index (Phi) is 4.91. The van der Waals surface area contributed by atoms with Gasteiger partial charge in [-0.1, -0.05) is 121 Å². The minimum Gasteiger partial charge on any atom is -0.456 e. The van der Waals surface area contributed by atoms with Crippen molar-refractivity contribution in [3.05, 3.63) is 164 Å². The summed E-state index contributed by atoms with van der Waals surface area (Å²) in [5, 5.41) is 5.47. The Labute approximate surface area is 298 Å². The van der Waals surface area contributed by atoms with Crippen molar-refractivity contribution in [1.82, 2.24) is 24.1 Å². The van der Waals surface area contributed by atoms with Crippen LogP contribution in [-0.2, 0) is 0 Å². The Balaban J connectivity index is 1.30. The summed E-state index contributed by atoms with van der Waals surface area (Å²) in [5.74, 6) is 1.37. The predicted molar refractivity (Wildman–Crippen MR) is 207 cm³/mol. The summed E-state index contributed by atoms with van der Waals surface area (Å²) in [7, 11) is 0. The molecule has 11 rings (SSSR count). The number of furan rings is 1. The van der Waals surface area contributed by atoms with E-state index < -0.39 is 18.1 Å². The van der Waals surface area contributed by atoms with Crippen molar-refractivity contribution in [3.8, 4) is 34.4 Å². The maximum atomic E-state index is 8.96. The molecule has 238 valence electrons. The van der Waals surface area contributed by atoms with E-state index in [2.05, 4.69) is 10.6 Å². The van der Waals surface area contributed by atoms with E-state index in [1.165, 1.54) is 0 Å². The molecule has 0 bridgehead atoms. The Morgan fingerprint density at radius 3 is 2.00 bits per heavy atom. The second-order valence-electron chi connectivity index (χ2n) is 12.5. The van der Waals surface area contributed by atoms with Gasteiger partial charge in [-0.3, -0.25) is 4.57 Å². The van der Waals surface area contributed by atoms with Crippen LogP contribution in [0.3, 0.4) is 0 Å². The van der Waals surface area contributed by atoms with Crippen LogP contribution in [0.15, 0.2) is 168 Å². The van der Waals surface area contributed by atoms with Crippen LogP contribution >= 0.6 is 0 Å². The lowest BCUT2D eigenvalue weighted by atomic mass is 10.1. The zero-order valence-electron chi connectivity index (χ0n) is 31.8. The van der Waals surface area contributed by atoms with Crippen LogP contribution in [0.4, 0.5) is 0 Å². The number of fused-ring (bicyclic) bond motifs is 10. The Bertz CT molecular complexity index is 3410. The minimum atomic E-state index is -0.439. The normalized spacial score (nSPS) is 13.3. The number of hydrogen-bond acceptors (Lipinski definition) is 4. The first-order valence-electron chi connectivity index (χ1n) is 19.1. The van der Waals surface area contributed by atoms with Gasteiger partial charge in [0.25, 0.3) is 0 Å². The summed E-state index contributed by atoms with van der Waals surface area (Å²) in [6, 6.07) is 41.8. The maximum absolute atomic E-state index is 8.96. The first kappa shape index (κ1) is 23.3. The lowest BCUT2D eigenvalue weighted by Gasteiger charge is -2.12. The zero-order chi connectivity index (χ0) is 37.8. The smallest absolute Gasteiger partial charge is 0.238 e. The standard InChI is InChI=1S/C45H27N5O/c1-3-14-28(15-4-1)43-46-44(34-21-13-25-39-40(34)33-20-9-12-24-38(33)51-39)48-45(47-43)50-35-22-10-7-18-30(35)31-26-27-37-41(42(31)50)32-19-8-11-23-36(32)49(37)29-16-5-2-6-17-29/h1-27H/i2D,5D,6D,16D,17D. The first-order valence-corrected chi connectivity index (χ1v) is 16.6. The summed E-state index contributed by atoms with van der Waals surface area (Å²) in [6.45, 7) is 0.